The van der Waals surface area contributed by atoms with Crippen LogP contribution in [0.5, 0.6) is 11.5 Å². The number of allylic oxidation sites excluding steroid dienone is 4. The van der Waals surface area contributed by atoms with Crippen molar-refractivity contribution in [3.8, 4) is 11.5 Å². The van der Waals surface area contributed by atoms with Crippen LogP contribution in [0.1, 0.15) is 72.3 Å². The molecule has 272 valence electrons. The first-order chi connectivity index (χ1) is 24.0. The van der Waals surface area contributed by atoms with Gasteiger partial charge in [0.2, 0.25) is 11.5 Å². The van der Waals surface area contributed by atoms with E-state index in [9.17, 15) is 45.4 Å². The van der Waals surface area contributed by atoms with Crippen LogP contribution < -0.4 is 20.1 Å². The minimum Gasteiger partial charge on any atom is -0.490 e. The SMILES string of the molecule is CC1c2cc(C(O)(CNC(=O)c3cc(OC4CC4)c4ncc(F)cc4c3)C(F)(F)F)nc(C3C=CC(F)=CC3)c2OCC1(C)C(=O)NCC(F)F. The van der Waals surface area contributed by atoms with E-state index in [1.165, 1.54) is 38.1 Å². The van der Waals surface area contributed by atoms with E-state index in [1.54, 1.807) is 0 Å². The predicted molar refractivity (Wildman–Crippen MR) is 169 cm³/mol. The van der Waals surface area contributed by atoms with Gasteiger partial charge in [-0.05, 0) is 62.6 Å². The summed E-state index contributed by atoms with van der Waals surface area (Å²) in [5.41, 5.74) is -6.35. The molecule has 3 aliphatic rings. The Morgan fingerprint density at radius 1 is 1.14 bits per heavy atom. The van der Waals surface area contributed by atoms with Crippen molar-refractivity contribution in [1.29, 1.82) is 0 Å². The molecule has 2 amide bonds. The first-order valence-corrected chi connectivity index (χ1v) is 16.1. The molecule has 51 heavy (non-hydrogen) atoms. The Morgan fingerprint density at radius 3 is 2.53 bits per heavy atom. The van der Waals surface area contributed by atoms with Gasteiger partial charge in [-0.15, -0.1) is 0 Å². The Kier molecular flexibility index (Phi) is 9.50. The first kappa shape index (κ1) is 36.1. The van der Waals surface area contributed by atoms with E-state index in [0.717, 1.165) is 37.2 Å². The lowest BCUT2D eigenvalue weighted by Gasteiger charge is -2.41. The van der Waals surface area contributed by atoms with Crippen LogP contribution in [-0.4, -0.2) is 65.3 Å². The molecule has 3 N–H and O–H groups in total. The van der Waals surface area contributed by atoms with E-state index < -0.39 is 77.7 Å². The lowest BCUT2D eigenvalue weighted by molar-refractivity contribution is -0.265. The van der Waals surface area contributed by atoms with Crippen LogP contribution in [-0.2, 0) is 10.4 Å². The third kappa shape index (κ3) is 7.10. The van der Waals surface area contributed by atoms with Crippen molar-refractivity contribution >= 4 is 22.7 Å². The fraction of sp³-hybridized carbons (Fsp3) is 0.429. The van der Waals surface area contributed by atoms with E-state index in [1.807, 2.05) is 0 Å². The maximum atomic E-state index is 15.0. The van der Waals surface area contributed by atoms with Gasteiger partial charge < -0.3 is 25.2 Å². The number of alkyl halides is 5. The number of benzene rings is 1. The van der Waals surface area contributed by atoms with E-state index >= 15 is 0 Å². The Balaban J connectivity index is 1.38. The van der Waals surface area contributed by atoms with Crippen molar-refractivity contribution in [2.75, 3.05) is 19.7 Å². The van der Waals surface area contributed by atoms with Gasteiger partial charge in [-0.25, -0.2) is 27.5 Å². The monoisotopic (exact) mass is 722 g/mol. The lowest BCUT2D eigenvalue weighted by atomic mass is 9.71. The second-order valence-electron chi connectivity index (χ2n) is 13.2. The zero-order valence-corrected chi connectivity index (χ0v) is 27.3. The summed E-state index contributed by atoms with van der Waals surface area (Å²) < 4.78 is 110. The molecular formula is C35H33F7N4O5. The van der Waals surface area contributed by atoms with Gasteiger partial charge in [-0.2, -0.15) is 13.2 Å². The summed E-state index contributed by atoms with van der Waals surface area (Å²) >= 11 is 0. The summed E-state index contributed by atoms with van der Waals surface area (Å²) in [4.78, 5) is 34.7. The number of nitrogens with zero attached hydrogens (tertiary/aromatic N) is 2. The fourth-order valence-electron chi connectivity index (χ4n) is 6.06. The summed E-state index contributed by atoms with van der Waals surface area (Å²) in [6.45, 7) is 0.162. The third-order valence-electron chi connectivity index (χ3n) is 9.50. The Bertz CT molecular complexity index is 1930. The zero-order chi connectivity index (χ0) is 36.9. The molecule has 6 rings (SSSR count). The smallest absolute Gasteiger partial charge is 0.424 e. The molecule has 0 bridgehead atoms. The molecule has 1 saturated carbocycles. The Morgan fingerprint density at radius 2 is 1.88 bits per heavy atom. The van der Waals surface area contributed by atoms with Gasteiger partial charge in [-0.3, -0.25) is 9.59 Å². The molecule has 0 spiro atoms. The number of nitrogens with one attached hydrogen (secondary N) is 2. The number of aromatic nitrogens is 2. The van der Waals surface area contributed by atoms with Gasteiger partial charge in [0, 0.05) is 28.3 Å². The highest BCUT2D eigenvalue weighted by atomic mass is 19.4. The second-order valence-corrected chi connectivity index (χ2v) is 13.2. The molecule has 1 aliphatic heterocycles. The molecule has 3 aromatic rings. The number of halogens is 7. The molecule has 3 heterocycles. The summed E-state index contributed by atoms with van der Waals surface area (Å²) in [5, 5.41) is 15.9. The lowest BCUT2D eigenvalue weighted by Crippen LogP contribution is -2.52. The van der Waals surface area contributed by atoms with E-state index in [4.69, 9.17) is 9.47 Å². The number of rotatable bonds is 10. The average molecular weight is 723 g/mol. The zero-order valence-electron chi connectivity index (χ0n) is 27.3. The molecule has 1 aromatic carbocycles. The van der Waals surface area contributed by atoms with E-state index in [2.05, 4.69) is 20.6 Å². The van der Waals surface area contributed by atoms with Gasteiger partial charge in [0.25, 0.3) is 12.3 Å². The predicted octanol–water partition coefficient (Wildman–Crippen LogP) is 6.27. The molecule has 0 radical (unpaired) electrons. The number of hydrogen-bond acceptors (Lipinski definition) is 7. The van der Waals surface area contributed by atoms with E-state index in [0.29, 0.717) is 0 Å². The topological polar surface area (TPSA) is 123 Å². The molecular weight excluding hydrogens is 689 g/mol. The van der Waals surface area contributed by atoms with Gasteiger partial charge in [0.15, 0.2) is 0 Å². The maximum absolute atomic E-state index is 15.0. The molecule has 9 nitrogen and oxygen atoms in total. The molecule has 4 unspecified atom stereocenters. The third-order valence-corrected chi connectivity index (χ3v) is 9.50. The Hall–Kier alpha value is -4.73. The highest BCUT2D eigenvalue weighted by molar-refractivity contribution is 6.00. The van der Waals surface area contributed by atoms with Gasteiger partial charge in [0.1, 0.15) is 35.3 Å². The highest BCUT2D eigenvalue weighted by Crippen LogP contribution is 2.50. The molecule has 2 aromatic heterocycles. The normalized spacial score (nSPS) is 22.8. The summed E-state index contributed by atoms with van der Waals surface area (Å²) in [5.74, 6) is -4.83. The largest absolute Gasteiger partial charge is 0.490 e. The number of pyridine rings is 2. The van der Waals surface area contributed by atoms with Crippen LogP contribution in [0.15, 0.2) is 54.5 Å². The van der Waals surface area contributed by atoms with Crippen molar-refractivity contribution < 1.29 is 54.9 Å². The summed E-state index contributed by atoms with van der Waals surface area (Å²) in [6, 6.07) is 4.50. The van der Waals surface area contributed by atoms with Crippen molar-refractivity contribution in [1.82, 2.24) is 20.6 Å². The molecule has 4 atom stereocenters. The van der Waals surface area contributed by atoms with Crippen LogP contribution in [0.3, 0.4) is 0 Å². The number of fused-ring (bicyclic) bond motifs is 2. The van der Waals surface area contributed by atoms with Crippen LogP contribution in [0, 0.1) is 11.2 Å². The Labute approximate surface area is 286 Å². The number of hydrogen-bond donors (Lipinski definition) is 3. The molecule has 0 saturated heterocycles. The van der Waals surface area contributed by atoms with Crippen LogP contribution >= 0.6 is 0 Å². The number of amides is 2. The van der Waals surface area contributed by atoms with E-state index in [-0.39, 0.29) is 58.4 Å². The minimum absolute atomic E-state index is 0.00417. The minimum atomic E-state index is -5.44. The maximum Gasteiger partial charge on any atom is 0.424 e. The first-order valence-electron chi connectivity index (χ1n) is 16.1. The van der Waals surface area contributed by atoms with Crippen LogP contribution in [0.2, 0.25) is 0 Å². The van der Waals surface area contributed by atoms with Crippen molar-refractivity contribution in [3.63, 3.8) is 0 Å². The van der Waals surface area contributed by atoms with Crippen molar-refractivity contribution in [2.24, 2.45) is 5.41 Å². The number of aliphatic hydroxyl groups is 1. The number of ether oxygens (including phenoxy) is 2. The average Bonchev–Trinajstić information content (AvgIpc) is 3.90. The standard InChI is InChI=1S/C35H33F7N4O5/c1-17-24-12-26(46-29(18-3-5-21(36)6-4-18)30(24)50-16-33(17,2)32(48)44-14-27(38)39)34(49,35(40,41)42)15-45-31(47)20-9-19-10-22(37)13-43-28(19)25(11-20)51-23-7-8-23/h3,5-6,9-13,17-18,23,27,49H,4,7-8,14-16H2,1-2H3,(H,44,48)(H,45,47). The van der Waals surface area contributed by atoms with Crippen molar-refractivity contribution in [2.45, 2.75) is 69.3 Å². The fourth-order valence-corrected chi connectivity index (χ4v) is 6.06. The molecule has 16 heteroatoms. The molecule has 1 fully saturated rings. The number of carbonyl (C=O) groups is 2. The number of carbonyl (C=O) groups excluding carboxylic acids is 2. The van der Waals surface area contributed by atoms with Crippen LogP contribution in [0.4, 0.5) is 30.7 Å². The highest BCUT2D eigenvalue weighted by Gasteiger charge is 2.57. The second kappa shape index (κ2) is 13.4. The van der Waals surface area contributed by atoms with Crippen molar-refractivity contribution in [3.05, 3.63) is 82.8 Å². The van der Waals surface area contributed by atoms with Gasteiger partial charge >= 0.3 is 6.18 Å². The van der Waals surface area contributed by atoms with Crippen LogP contribution in [0.25, 0.3) is 10.9 Å². The molecule has 2 aliphatic carbocycles. The van der Waals surface area contributed by atoms with Gasteiger partial charge in [0.05, 0.1) is 42.2 Å². The summed E-state index contributed by atoms with van der Waals surface area (Å²) in [6.07, 6.45) is -2.39. The van der Waals surface area contributed by atoms with Gasteiger partial charge in [-0.1, -0.05) is 13.0 Å². The summed E-state index contributed by atoms with van der Waals surface area (Å²) in [7, 11) is 0. The quantitative estimate of drug-likeness (QED) is 0.211.